The molecule has 9 heteroatoms. The van der Waals surface area contributed by atoms with Crippen LogP contribution in [0.4, 0.5) is 19.0 Å². The predicted molar refractivity (Wildman–Crippen MR) is 119 cm³/mol. The van der Waals surface area contributed by atoms with Gasteiger partial charge in [0.15, 0.2) is 0 Å². The highest BCUT2D eigenvalue weighted by Gasteiger charge is 2.36. The maximum Gasteiger partial charge on any atom is 0.416 e. The molecule has 0 radical (unpaired) electrons. The number of fused-ring (bicyclic) bond motifs is 1. The maximum atomic E-state index is 13.4. The molecule has 2 aromatic heterocycles. The molecule has 1 fully saturated rings. The van der Waals surface area contributed by atoms with Crippen molar-refractivity contribution in [3.05, 3.63) is 58.7 Å². The molecule has 1 N–H and O–H groups in total. The number of anilines is 1. The van der Waals surface area contributed by atoms with Gasteiger partial charge in [0.05, 0.1) is 29.0 Å². The first-order chi connectivity index (χ1) is 15.6. The second-order valence-electron chi connectivity index (χ2n) is 8.40. The van der Waals surface area contributed by atoms with Crippen LogP contribution in [0.3, 0.4) is 0 Å². The average molecular weight is 461 g/mol. The Bertz CT molecular complexity index is 1160. The molecular formula is C24H27F3N4O2. The summed E-state index contributed by atoms with van der Waals surface area (Å²) < 4.78 is 51.6. The molecule has 1 aromatic carbocycles. The van der Waals surface area contributed by atoms with Gasteiger partial charge >= 0.3 is 6.18 Å². The zero-order chi connectivity index (χ0) is 23.8. The van der Waals surface area contributed by atoms with Crippen LogP contribution < -0.4 is 5.32 Å². The summed E-state index contributed by atoms with van der Waals surface area (Å²) in [5, 5.41) is 4.05. The third-order valence-electron chi connectivity index (χ3n) is 6.35. The van der Waals surface area contributed by atoms with E-state index in [0.717, 1.165) is 17.1 Å². The molecule has 176 valence electrons. The van der Waals surface area contributed by atoms with Crippen molar-refractivity contribution >= 4 is 16.7 Å². The summed E-state index contributed by atoms with van der Waals surface area (Å²) in [6.07, 6.45) is -1.35. The number of pyridine rings is 1. The summed E-state index contributed by atoms with van der Waals surface area (Å²) in [5.74, 6) is 1.09. The van der Waals surface area contributed by atoms with Crippen molar-refractivity contribution in [1.82, 2.24) is 15.0 Å². The molecule has 1 saturated heterocycles. The zero-order valence-corrected chi connectivity index (χ0v) is 19.1. The van der Waals surface area contributed by atoms with Gasteiger partial charge in [-0.2, -0.15) is 13.2 Å². The van der Waals surface area contributed by atoms with E-state index >= 15 is 0 Å². The number of ether oxygens (including phenoxy) is 2. The highest BCUT2D eigenvalue weighted by atomic mass is 19.4. The fourth-order valence-electron chi connectivity index (χ4n) is 4.49. The Balaban J connectivity index is 1.75. The van der Waals surface area contributed by atoms with E-state index < -0.39 is 23.4 Å². The number of nitrogens with zero attached hydrogens (tertiary/aromatic N) is 3. The van der Waals surface area contributed by atoms with Gasteiger partial charge in [0, 0.05) is 38.6 Å². The number of methoxy groups -OCH3 is 1. The minimum Gasteiger partial charge on any atom is -0.381 e. The summed E-state index contributed by atoms with van der Waals surface area (Å²) >= 11 is 0. The molecule has 0 saturated carbocycles. The summed E-state index contributed by atoms with van der Waals surface area (Å²) in [7, 11) is 1.67. The summed E-state index contributed by atoms with van der Waals surface area (Å²) in [4.78, 5) is 13.7. The number of hydrogen-bond donors (Lipinski definition) is 1. The van der Waals surface area contributed by atoms with E-state index in [-0.39, 0.29) is 5.56 Å². The first-order valence-electron chi connectivity index (χ1n) is 10.9. The molecule has 33 heavy (non-hydrogen) atoms. The highest BCUT2D eigenvalue weighted by Crippen LogP contribution is 2.38. The Hall–Kier alpha value is -2.78. The van der Waals surface area contributed by atoms with Gasteiger partial charge < -0.3 is 14.8 Å². The topological polar surface area (TPSA) is 69.2 Å². The number of aromatic nitrogens is 3. The number of nitrogens with one attached hydrogen (secondary N) is 1. The smallest absolute Gasteiger partial charge is 0.381 e. The van der Waals surface area contributed by atoms with E-state index in [2.05, 4.69) is 20.3 Å². The Morgan fingerprint density at radius 3 is 2.55 bits per heavy atom. The number of alkyl halides is 3. The van der Waals surface area contributed by atoms with Crippen LogP contribution in [0.2, 0.25) is 0 Å². The van der Waals surface area contributed by atoms with Crippen molar-refractivity contribution in [2.45, 2.75) is 51.4 Å². The van der Waals surface area contributed by atoms with E-state index in [4.69, 9.17) is 9.47 Å². The van der Waals surface area contributed by atoms with E-state index in [1.807, 2.05) is 13.0 Å². The molecular weight excluding hydrogens is 433 g/mol. The zero-order valence-electron chi connectivity index (χ0n) is 19.1. The standard InChI is InChI=1S/C24H27F3N4O2/c1-14-17(6-5-7-19(14)24(25,26)27)15(2)29-22-18-12-21(23(32-4)8-10-33-11-9-23)28-13-20(18)30-16(3)31-22/h5-7,12-13,15H,8-11H2,1-4H3,(H,29,30,31)/t15-/m1/s1. The monoisotopic (exact) mass is 460 g/mol. The maximum absolute atomic E-state index is 13.4. The van der Waals surface area contributed by atoms with Gasteiger partial charge in [0.2, 0.25) is 0 Å². The molecule has 3 aromatic rings. The van der Waals surface area contributed by atoms with Gasteiger partial charge in [-0.1, -0.05) is 12.1 Å². The van der Waals surface area contributed by atoms with Crippen LogP contribution in [-0.2, 0) is 21.3 Å². The Morgan fingerprint density at radius 1 is 1.15 bits per heavy atom. The summed E-state index contributed by atoms with van der Waals surface area (Å²) in [6, 6.07) is 5.74. The minimum atomic E-state index is -4.41. The fourth-order valence-corrected chi connectivity index (χ4v) is 4.49. The summed E-state index contributed by atoms with van der Waals surface area (Å²) in [6.45, 7) is 6.25. The number of rotatable bonds is 5. The molecule has 4 rings (SSSR count). The van der Waals surface area contributed by atoms with Crippen molar-refractivity contribution in [3.8, 4) is 0 Å². The minimum absolute atomic E-state index is 0.197. The first kappa shape index (κ1) is 23.4. The Labute approximate surface area is 190 Å². The van der Waals surface area contributed by atoms with E-state index in [0.29, 0.717) is 48.8 Å². The molecule has 0 unspecified atom stereocenters. The normalized spacial score (nSPS) is 17.2. The molecule has 3 heterocycles. The number of benzene rings is 1. The lowest BCUT2D eigenvalue weighted by Crippen LogP contribution is -2.36. The SMILES string of the molecule is COC1(c2cc3c(N[C@H](C)c4cccc(C(F)(F)F)c4C)nc(C)nc3cn2)CCOCC1. The van der Waals surface area contributed by atoms with Gasteiger partial charge in [0.25, 0.3) is 0 Å². The van der Waals surface area contributed by atoms with Crippen LogP contribution in [0, 0.1) is 13.8 Å². The van der Waals surface area contributed by atoms with Crippen LogP contribution in [0.15, 0.2) is 30.5 Å². The van der Waals surface area contributed by atoms with Gasteiger partial charge in [0.1, 0.15) is 17.2 Å². The molecule has 1 aliphatic rings. The molecule has 0 spiro atoms. The number of aryl methyl sites for hydroxylation is 1. The van der Waals surface area contributed by atoms with Crippen molar-refractivity contribution in [2.75, 3.05) is 25.6 Å². The molecule has 1 aliphatic heterocycles. The third-order valence-corrected chi connectivity index (χ3v) is 6.35. The van der Waals surface area contributed by atoms with Gasteiger partial charge in [-0.05, 0) is 44.0 Å². The number of halogens is 3. The van der Waals surface area contributed by atoms with E-state index in [1.165, 1.54) is 13.0 Å². The quantitative estimate of drug-likeness (QED) is 0.543. The van der Waals surface area contributed by atoms with Crippen molar-refractivity contribution in [1.29, 1.82) is 0 Å². The van der Waals surface area contributed by atoms with Gasteiger partial charge in [-0.15, -0.1) is 0 Å². The number of hydrogen-bond acceptors (Lipinski definition) is 6. The lowest BCUT2D eigenvalue weighted by atomic mass is 9.89. The van der Waals surface area contributed by atoms with Crippen LogP contribution >= 0.6 is 0 Å². The lowest BCUT2D eigenvalue weighted by Gasteiger charge is -2.35. The van der Waals surface area contributed by atoms with Crippen LogP contribution in [0.1, 0.15) is 54.0 Å². The highest BCUT2D eigenvalue weighted by molar-refractivity contribution is 5.89. The van der Waals surface area contributed by atoms with E-state index in [1.54, 1.807) is 26.3 Å². The van der Waals surface area contributed by atoms with Gasteiger partial charge in [-0.3, -0.25) is 4.98 Å². The van der Waals surface area contributed by atoms with E-state index in [9.17, 15) is 13.2 Å². The molecule has 0 bridgehead atoms. The second-order valence-corrected chi connectivity index (χ2v) is 8.40. The Morgan fingerprint density at radius 2 is 1.88 bits per heavy atom. The largest absolute Gasteiger partial charge is 0.416 e. The lowest BCUT2D eigenvalue weighted by molar-refractivity contribution is -0.138. The third kappa shape index (κ3) is 4.52. The van der Waals surface area contributed by atoms with Crippen molar-refractivity contribution in [2.24, 2.45) is 0 Å². The summed E-state index contributed by atoms with van der Waals surface area (Å²) in [5.41, 5.74) is 0.978. The van der Waals surface area contributed by atoms with Gasteiger partial charge in [-0.25, -0.2) is 9.97 Å². The van der Waals surface area contributed by atoms with Crippen molar-refractivity contribution in [3.63, 3.8) is 0 Å². The molecule has 0 amide bonds. The first-order valence-corrected chi connectivity index (χ1v) is 10.9. The average Bonchev–Trinajstić information content (AvgIpc) is 2.78. The van der Waals surface area contributed by atoms with Crippen molar-refractivity contribution < 1.29 is 22.6 Å². The van der Waals surface area contributed by atoms with Crippen LogP contribution in [-0.4, -0.2) is 35.3 Å². The molecule has 0 aliphatic carbocycles. The Kier molecular flexibility index (Phi) is 6.28. The fraction of sp³-hybridized carbons (Fsp3) is 0.458. The van der Waals surface area contributed by atoms with Crippen LogP contribution in [0.5, 0.6) is 0 Å². The van der Waals surface area contributed by atoms with Crippen LogP contribution in [0.25, 0.3) is 10.9 Å². The molecule has 6 nitrogen and oxygen atoms in total. The second kappa shape index (κ2) is 8.87. The molecule has 1 atom stereocenters. The predicted octanol–water partition coefficient (Wildman–Crippen LogP) is 5.49.